The van der Waals surface area contributed by atoms with Crippen LogP contribution < -0.4 is 5.73 Å². The summed E-state index contributed by atoms with van der Waals surface area (Å²) in [6.07, 6.45) is 3.16. The van der Waals surface area contributed by atoms with Crippen molar-refractivity contribution in [2.75, 3.05) is 25.9 Å². The van der Waals surface area contributed by atoms with Crippen molar-refractivity contribution >= 4 is 5.69 Å². The van der Waals surface area contributed by atoms with Crippen LogP contribution in [0.1, 0.15) is 37.9 Å². The third-order valence-corrected chi connectivity index (χ3v) is 2.98. The van der Waals surface area contributed by atoms with E-state index in [4.69, 9.17) is 5.73 Å². The van der Waals surface area contributed by atoms with Gasteiger partial charge < -0.3 is 15.7 Å². The van der Waals surface area contributed by atoms with Crippen LogP contribution in [-0.4, -0.2) is 30.1 Å². The molecule has 0 aliphatic rings. The second-order valence-electron chi connectivity index (χ2n) is 4.61. The molecule has 0 spiro atoms. The summed E-state index contributed by atoms with van der Waals surface area (Å²) in [5.74, 6) is 0. The van der Waals surface area contributed by atoms with Gasteiger partial charge >= 0.3 is 0 Å². The van der Waals surface area contributed by atoms with E-state index in [9.17, 15) is 5.11 Å². The van der Waals surface area contributed by atoms with Gasteiger partial charge in [-0.05, 0) is 26.1 Å². The number of hydrogen-bond acceptors (Lipinski definition) is 3. The molecule has 0 aliphatic carbocycles. The number of unbranched alkanes of at least 4 members (excludes halogenated alkanes) is 2. The Bertz CT molecular complexity index is 328. The Kier molecular flexibility index (Phi) is 6.01. The molecule has 1 rings (SSSR count). The number of anilines is 1. The molecule has 0 saturated heterocycles. The minimum absolute atomic E-state index is 0.497. The number of nitrogens with two attached hydrogens (primary N) is 1. The van der Waals surface area contributed by atoms with Crippen LogP contribution in [0.5, 0.6) is 0 Å². The highest BCUT2D eigenvalue weighted by atomic mass is 16.3. The molecule has 3 nitrogen and oxygen atoms in total. The van der Waals surface area contributed by atoms with E-state index in [2.05, 4.69) is 11.8 Å². The molecule has 3 N–H and O–H groups in total. The van der Waals surface area contributed by atoms with Crippen LogP contribution in [0.3, 0.4) is 0 Å². The van der Waals surface area contributed by atoms with Crippen LogP contribution in [0.4, 0.5) is 5.69 Å². The van der Waals surface area contributed by atoms with E-state index in [1.165, 1.54) is 19.3 Å². The molecule has 96 valence electrons. The van der Waals surface area contributed by atoms with Gasteiger partial charge in [-0.1, -0.05) is 38.0 Å². The predicted molar refractivity (Wildman–Crippen MR) is 72.8 cm³/mol. The first-order chi connectivity index (χ1) is 8.15. The molecule has 0 heterocycles. The molecule has 0 aromatic heterocycles. The lowest BCUT2D eigenvalue weighted by Gasteiger charge is -2.21. The van der Waals surface area contributed by atoms with Crippen LogP contribution in [0.2, 0.25) is 0 Å². The number of para-hydroxylation sites is 1. The number of aliphatic hydroxyl groups is 1. The Labute approximate surface area is 104 Å². The van der Waals surface area contributed by atoms with Crippen LogP contribution in [0.25, 0.3) is 0 Å². The van der Waals surface area contributed by atoms with E-state index >= 15 is 0 Å². The molecule has 0 saturated carbocycles. The van der Waals surface area contributed by atoms with Crippen LogP contribution in [0, 0.1) is 0 Å². The quantitative estimate of drug-likeness (QED) is 0.564. The summed E-state index contributed by atoms with van der Waals surface area (Å²) >= 11 is 0. The number of benzene rings is 1. The van der Waals surface area contributed by atoms with Crippen LogP contribution in [0.15, 0.2) is 24.3 Å². The van der Waals surface area contributed by atoms with Crippen molar-refractivity contribution in [3.05, 3.63) is 29.8 Å². The van der Waals surface area contributed by atoms with Gasteiger partial charge in [0.15, 0.2) is 0 Å². The van der Waals surface area contributed by atoms with E-state index in [1.54, 1.807) is 0 Å². The van der Waals surface area contributed by atoms with Crippen molar-refractivity contribution in [3.8, 4) is 0 Å². The van der Waals surface area contributed by atoms with E-state index in [1.807, 2.05) is 31.3 Å². The second-order valence-corrected chi connectivity index (χ2v) is 4.61. The van der Waals surface area contributed by atoms with Crippen molar-refractivity contribution in [3.63, 3.8) is 0 Å². The molecular weight excluding hydrogens is 212 g/mol. The number of aliphatic hydroxyl groups excluding tert-OH is 1. The lowest BCUT2D eigenvalue weighted by atomic mass is 10.1. The van der Waals surface area contributed by atoms with Gasteiger partial charge in [0, 0.05) is 17.8 Å². The summed E-state index contributed by atoms with van der Waals surface area (Å²) < 4.78 is 0. The highest BCUT2D eigenvalue weighted by molar-refractivity contribution is 5.47. The molecule has 0 amide bonds. The Balaban J connectivity index is 2.43. The third-order valence-electron chi connectivity index (χ3n) is 2.98. The van der Waals surface area contributed by atoms with E-state index in [-0.39, 0.29) is 0 Å². The maximum absolute atomic E-state index is 10.1. The highest BCUT2D eigenvalue weighted by Crippen LogP contribution is 2.20. The van der Waals surface area contributed by atoms with Crippen molar-refractivity contribution in [1.82, 2.24) is 4.90 Å². The summed E-state index contributed by atoms with van der Waals surface area (Å²) in [5, 5.41) is 10.1. The van der Waals surface area contributed by atoms with Crippen molar-refractivity contribution < 1.29 is 5.11 Å². The Morgan fingerprint density at radius 1 is 1.29 bits per heavy atom. The molecule has 3 heteroatoms. The molecule has 17 heavy (non-hydrogen) atoms. The predicted octanol–water partition coefficient (Wildman–Crippen LogP) is 2.42. The standard InChI is InChI=1S/C14H24N2O/c1-3-4-7-10-16(2)11-14(17)12-8-5-6-9-13(12)15/h5-6,8-9,14,17H,3-4,7,10-11,15H2,1-2H3. The maximum atomic E-state index is 10.1. The zero-order valence-corrected chi connectivity index (χ0v) is 10.9. The summed E-state index contributed by atoms with van der Waals surface area (Å²) in [4.78, 5) is 2.16. The van der Waals surface area contributed by atoms with E-state index in [0.717, 1.165) is 12.1 Å². The average molecular weight is 236 g/mol. The van der Waals surface area contributed by atoms with Gasteiger partial charge in [-0.25, -0.2) is 0 Å². The van der Waals surface area contributed by atoms with Gasteiger partial charge in [0.05, 0.1) is 6.10 Å². The summed E-state index contributed by atoms with van der Waals surface area (Å²) in [7, 11) is 2.04. The van der Waals surface area contributed by atoms with E-state index < -0.39 is 6.10 Å². The number of nitrogens with zero attached hydrogens (tertiary/aromatic N) is 1. The largest absolute Gasteiger partial charge is 0.398 e. The lowest BCUT2D eigenvalue weighted by Crippen LogP contribution is -2.26. The first-order valence-electron chi connectivity index (χ1n) is 6.36. The Morgan fingerprint density at radius 2 is 2.00 bits per heavy atom. The Morgan fingerprint density at radius 3 is 2.65 bits per heavy atom. The van der Waals surface area contributed by atoms with Gasteiger partial charge in [0.2, 0.25) is 0 Å². The maximum Gasteiger partial charge on any atom is 0.0936 e. The fourth-order valence-electron chi connectivity index (χ4n) is 1.93. The van der Waals surface area contributed by atoms with Gasteiger partial charge in [-0.2, -0.15) is 0 Å². The van der Waals surface area contributed by atoms with Crippen molar-refractivity contribution in [1.29, 1.82) is 0 Å². The molecule has 1 aromatic carbocycles. The van der Waals surface area contributed by atoms with Crippen LogP contribution >= 0.6 is 0 Å². The fourth-order valence-corrected chi connectivity index (χ4v) is 1.93. The smallest absolute Gasteiger partial charge is 0.0936 e. The molecule has 0 bridgehead atoms. The molecule has 1 atom stereocenters. The molecule has 0 fully saturated rings. The van der Waals surface area contributed by atoms with Gasteiger partial charge in [0.25, 0.3) is 0 Å². The Hall–Kier alpha value is -1.06. The van der Waals surface area contributed by atoms with Gasteiger partial charge in [-0.15, -0.1) is 0 Å². The van der Waals surface area contributed by atoms with Gasteiger partial charge in [-0.3, -0.25) is 0 Å². The molecule has 1 aromatic rings. The summed E-state index contributed by atoms with van der Waals surface area (Å²) in [6.45, 7) is 3.86. The zero-order valence-electron chi connectivity index (χ0n) is 10.9. The minimum Gasteiger partial charge on any atom is -0.398 e. The molecule has 1 unspecified atom stereocenters. The number of rotatable bonds is 7. The first-order valence-corrected chi connectivity index (χ1v) is 6.36. The summed E-state index contributed by atoms with van der Waals surface area (Å²) in [5.41, 5.74) is 7.34. The highest BCUT2D eigenvalue weighted by Gasteiger charge is 2.12. The SMILES string of the molecule is CCCCCN(C)CC(O)c1ccccc1N. The van der Waals surface area contributed by atoms with Crippen molar-refractivity contribution in [2.24, 2.45) is 0 Å². The fraction of sp³-hybridized carbons (Fsp3) is 0.571. The minimum atomic E-state index is -0.497. The molecule has 0 radical (unpaired) electrons. The average Bonchev–Trinajstić information content (AvgIpc) is 2.29. The number of nitrogen functional groups attached to an aromatic ring is 1. The molecular formula is C14H24N2O. The van der Waals surface area contributed by atoms with Crippen LogP contribution in [-0.2, 0) is 0 Å². The topological polar surface area (TPSA) is 49.5 Å². The summed E-state index contributed by atoms with van der Waals surface area (Å²) in [6, 6.07) is 7.51. The zero-order chi connectivity index (χ0) is 12.7. The first kappa shape index (κ1) is 14.0. The monoisotopic (exact) mass is 236 g/mol. The lowest BCUT2D eigenvalue weighted by molar-refractivity contribution is 0.126. The normalized spacial score (nSPS) is 12.9. The van der Waals surface area contributed by atoms with E-state index in [0.29, 0.717) is 12.2 Å². The number of hydrogen-bond donors (Lipinski definition) is 2. The molecule has 0 aliphatic heterocycles. The number of likely N-dealkylation sites (N-methyl/N-ethyl adjacent to an activating group) is 1. The third kappa shape index (κ3) is 4.75. The van der Waals surface area contributed by atoms with Crippen molar-refractivity contribution in [2.45, 2.75) is 32.3 Å². The second kappa shape index (κ2) is 7.30. The van der Waals surface area contributed by atoms with Gasteiger partial charge in [0.1, 0.15) is 0 Å².